The second kappa shape index (κ2) is 13.1. The molecule has 3 unspecified atom stereocenters. The highest BCUT2D eigenvalue weighted by Crippen LogP contribution is 2.04. The standard InChI is InChI=1S/C17H29N5O8/c1-8(2)5-11(17(29)30)21-13(24)7-20-16(28)10(6-12(19)23)22-15(27)9(18)3-4-14(25)26/h8-11H,3-7,18H2,1-2H3,(H2,19,23)(H,20,28)(H,21,24)(H,22,27)(H,25,26)(H,29,30). The summed E-state index contributed by atoms with van der Waals surface area (Å²) in [5.74, 6) is -5.86. The highest BCUT2D eigenvalue weighted by molar-refractivity contribution is 5.95. The van der Waals surface area contributed by atoms with Crippen LogP contribution in [0.25, 0.3) is 0 Å². The first kappa shape index (κ1) is 26.8. The maximum atomic E-state index is 12.2. The molecule has 0 radical (unpaired) electrons. The molecule has 0 bridgehead atoms. The molecule has 13 nitrogen and oxygen atoms in total. The van der Waals surface area contributed by atoms with Crippen LogP contribution >= 0.6 is 0 Å². The molecule has 0 aliphatic carbocycles. The lowest BCUT2D eigenvalue weighted by atomic mass is 10.0. The highest BCUT2D eigenvalue weighted by atomic mass is 16.4. The van der Waals surface area contributed by atoms with Gasteiger partial charge in [-0.3, -0.25) is 24.0 Å². The summed E-state index contributed by atoms with van der Waals surface area (Å²) in [5.41, 5.74) is 10.6. The van der Waals surface area contributed by atoms with Crippen LogP contribution in [0.15, 0.2) is 0 Å². The van der Waals surface area contributed by atoms with Gasteiger partial charge in [-0.25, -0.2) is 4.79 Å². The quantitative estimate of drug-likeness (QED) is 0.151. The smallest absolute Gasteiger partial charge is 0.326 e. The van der Waals surface area contributed by atoms with Crippen LogP contribution < -0.4 is 27.4 Å². The number of hydrogen-bond donors (Lipinski definition) is 7. The van der Waals surface area contributed by atoms with Crippen molar-refractivity contribution in [3.05, 3.63) is 0 Å². The van der Waals surface area contributed by atoms with Crippen LogP contribution in [0.2, 0.25) is 0 Å². The number of carbonyl (C=O) groups is 6. The molecule has 0 aliphatic heterocycles. The first-order valence-electron chi connectivity index (χ1n) is 9.19. The second-order valence-electron chi connectivity index (χ2n) is 7.08. The molecule has 30 heavy (non-hydrogen) atoms. The Kier molecular flexibility index (Phi) is 11.7. The van der Waals surface area contributed by atoms with Gasteiger partial charge in [0.2, 0.25) is 23.6 Å². The third kappa shape index (κ3) is 11.6. The summed E-state index contributed by atoms with van der Waals surface area (Å²) in [6.07, 6.45) is -0.969. The predicted molar refractivity (Wildman–Crippen MR) is 103 cm³/mol. The molecule has 0 aromatic heterocycles. The number of aliphatic carboxylic acids is 2. The van der Waals surface area contributed by atoms with Crippen molar-refractivity contribution in [2.45, 2.75) is 57.7 Å². The molecule has 3 atom stereocenters. The zero-order valence-corrected chi connectivity index (χ0v) is 16.8. The Labute approximate surface area is 172 Å². The van der Waals surface area contributed by atoms with Crippen molar-refractivity contribution < 1.29 is 39.0 Å². The molecular weight excluding hydrogens is 402 g/mol. The molecule has 0 aliphatic rings. The van der Waals surface area contributed by atoms with E-state index in [1.165, 1.54) is 0 Å². The number of hydrogen-bond acceptors (Lipinski definition) is 7. The molecular formula is C17H29N5O8. The average molecular weight is 431 g/mol. The maximum Gasteiger partial charge on any atom is 0.326 e. The molecule has 0 spiro atoms. The van der Waals surface area contributed by atoms with E-state index >= 15 is 0 Å². The Morgan fingerprint density at radius 2 is 1.53 bits per heavy atom. The van der Waals surface area contributed by atoms with Crippen LogP contribution in [-0.2, 0) is 28.8 Å². The van der Waals surface area contributed by atoms with Crippen molar-refractivity contribution in [3.8, 4) is 0 Å². The molecule has 0 saturated carbocycles. The fourth-order valence-corrected chi connectivity index (χ4v) is 2.33. The van der Waals surface area contributed by atoms with Gasteiger partial charge in [-0.2, -0.15) is 0 Å². The van der Waals surface area contributed by atoms with E-state index in [4.69, 9.17) is 21.7 Å². The van der Waals surface area contributed by atoms with Gasteiger partial charge < -0.3 is 37.6 Å². The lowest BCUT2D eigenvalue weighted by Gasteiger charge is -2.20. The third-order valence-corrected chi connectivity index (χ3v) is 3.81. The molecule has 170 valence electrons. The topological polar surface area (TPSA) is 231 Å². The molecule has 0 heterocycles. The minimum Gasteiger partial charge on any atom is -0.481 e. The van der Waals surface area contributed by atoms with Gasteiger partial charge in [0.1, 0.15) is 12.1 Å². The Balaban J connectivity index is 4.85. The number of amides is 4. The van der Waals surface area contributed by atoms with E-state index < -0.39 is 66.7 Å². The Hall–Kier alpha value is -3.22. The van der Waals surface area contributed by atoms with Crippen molar-refractivity contribution in [3.63, 3.8) is 0 Å². The van der Waals surface area contributed by atoms with Crippen molar-refractivity contribution in [1.82, 2.24) is 16.0 Å². The second-order valence-corrected chi connectivity index (χ2v) is 7.08. The Bertz CT molecular complexity index is 667. The first-order valence-corrected chi connectivity index (χ1v) is 9.19. The van der Waals surface area contributed by atoms with Crippen LogP contribution in [0.5, 0.6) is 0 Å². The van der Waals surface area contributed by atoms with Crippen molar-refractivity contribution >= 4 is 35.6 Å². The molecule has 4 amide bonds. The summed E-state index contributed by atoms with van der Waals surface area (Å²) in [6.45, 7) is 2.96. The number of primary amides is 1. The summed E-state index contributed by atoms with van der Waals surface area (Å²) in [4.78, 5) is 69.1. The van der Waals surface area contributed by atoms with Crippen LogP contribution in [0, 0.1) is 5.92 Å². The van der Waals surface area contributed by atoms with E-state index in [1.54, 1.807) is 13.8 Å². The van der Waals surface area contributed by atoms with Crippen LogP contribution in [-0.4, -0.2) is 70.5 Å². The van der Waals surface area contributed by atoms with E-state index in [2.05, 4.69) is 16.0 Å². The summed E-state index contributed by atoms with van der Waals surface area (Å²) in [5, 5.41) is 24.4. The Morgan fingerprint density at radius 1 is 0.933 bits per heavy atom. The first-order chi connectivity index (χ1) is 13.8. The Morgan fingerprint density at radius 3 is 2.00 bits per heavy atom. The lowest BCUT2D eigenvalue weighted by Crippen LogP contribution is -2.54. The van der Waals surface area contributed by atoms with Crippen molar-refractivity contribution in [1.29, 1.82) is 0 Å². The molecule has 0 aromatic rings. The minimum absolute atomic E-state index is 0.00138. The van der Waals surface area contributed by atoms with Gasteiger partial charge in [0.05, 0.1) is 19.0 Å². The van der Waals surface area contributed by atoms with Gasteiger partial charge in [0.15, 0.2) is 0 Å². The van der Waals surface area contributed by atoms with Gasteiger partial charge in [0.25, 0.3) is 0 Å². The largest absolute Gasteiger partial charge is 0.481 e. The molecule has 0 fully saturated rings. The number of rotatable bonds is 14. The van der Waals surface area contributed by atoms with Crippen LogP contribution in [0.1, 0.15) is 39.5 Å². The molecule has 0 rings (SSSR count). The number of nitrogens with one attached hydrogen (secondary N) is 3. The van der Waals surface area contributed by atoms with Crippen LogP contribution in [0.3, 0.4) is 0 Å². The van der Waals surface area contributed by atoms with E-state index in [0.717, 1.165) is 0 Å². The van der Waals surface area contributed by atoms with Gasteiger partial charge in [-0.1, -0.05) is 13.8 Å². The molecule has 13 heteroatoms. The van der Waals surface area contributed by atoms with Crippen LogP contribution in [0.4, 0.5) is 0 Å². The monoisotopic (exact) mass is 431 g/mol. The summed E-state index contributed by atoms with van der Waals surface area (Å²) in [7, 11) is 0. The molecule has 0 aromatic carbocycles. The van der Waals surface area contributed by atoms with E-state index in [-0.39, 0.29) is 25.2 Å². The van der Waals surface area contributed by atoms with Crippen molar-refractivity contribution in [2.24, 2.45) is 17.4 Å². The van der Waals surface area contributed by atoms with E-state index in [9.17, 15) is 28.8 Å². The normalized spacial score (nSPS) is 13.6. The lowest BCUT2D eigenvalue weighted by molar-refractivity contribution is -0.142. The molecule has 0 saturated heterocycles. The number of carboxylic acids is 2. The number of carboxylic acid groups (broad SMARTS) is 2. The predicted octanol–water partition coefficient (Wildman–Crippen LogP) is -2.73. The third-order valence-electron chi connectivity index (χ3n) is 3.81. The number of carbonyl (C=O) groups excluding carboxylic acids is 4. The maximum absolute atomic E-state index is 12.2. The average Bonchev–Trinajstić information content (AvgIpc) is 2.61. The van der Waals surface area contributed by atoms with Gasteiger partial charge in [0, 0.05) is 6.42 Å². The van der Waals surface area contributed by atoms with E-state index in [0.29, 0.717) is 0 Å². The summed E-state index contributed by atoms with van der Waals surface area (Å²) in [6, 6.07) is -3.81. The van der Waals surface area contributed by atoms with Gasteiger partial charge in [-0.15, -0.1) is 0 Å². The minimum atomic E-state index is -1.44. The fraction of sp³-hybridized carbons (Fsp3) is 0.647. The highest BCUT2D eigenvalue weighted by Gasteiger charge is 2.27. The SMILES string of the molecule is CC(C)CC(NC(=O)CNC(=O)C(CC(N)=O)NC(=O)C(N)CCC(=O)O)C(=O)O. The summed E-state index contributed by atoms with van der Waals surface area (Å²) < 4.78 is 0. The summed E-state index contributed by atoms with van der Waals surface area (Å²) >= 11 is 0. The van der Waals surface area contributed by atoms with Gasteiger partial charge in [-0.05, 0) is 18.8 Å². The number of nitrogens with two attached hydrogens (primary N) is 2. The zero-order chi connectivity index (χ0) is 23.4. The molecule has 9 N–H and O–H groups in total. The van der Waals surface area contributed by atoms with E-state index in [1.807, 2.05) is 0 Å². The zero-order valence-electron chi connectivity index (χ0n) is 16.8. The van der Waals surface area contributed by atoms with Crippen molar-refractivity contribution in [2.75, 3.05) is 6.54 Å². The fourth-order valence-electron chi connectivity index (χ4n) is 2.33. The van der Waals surface area contributed by atoms with Gasteiger partial charge >= 0.3 is 11.9 Å².